The van der Waals surface area contributed by atoms with Gasteiger partial charge in [0, 0.05) is 18.7 Å². The number of benzene rings is 2. The van der Waals surface area contributed by atoms with E-state index < -0.39 is 0 Å². The molecule has 2 rings (SSSR count). The molecular weight excluding hydrogens is 509 g/mol. The van der Waals surface area contributed by atoms with Gasteiger partial charge in [-0.2, -0.15) is 0 Å². The highest BCUT2D eigenvalue weighted by Crippen LogP contribution is 2.28. The second-order valence-electron chi connectivity index (χ2n) is 6.64. The molecule has 0 radical (unpaired) electrons. The number of hydrogen-bond donors (Lipinski definition) is 3. The van der Waals surface area contributed by atoms with Gasteiger partial charge in [0.15, 0.2) is 17.5 Å². The predicted octanol–water partition coefficient (Wildman–Crippen LogP) is 4.11. The number of rotatable bonds is 11. The van der Waals surface area contributed by atoms with Gasteiger partial charge in [0.25, 0.3) is 0 Å². The number of phenolic OH excluding ortho intramolecular Hbond substituents is 1. The molecule has 0 saturated carbocycles. The van der Waals surface area contributed by atoms with Crippen LogP contribution in [0.15, 0.2) is 41.4 Å². The Hall–Kier alpha value is -2.36. The molecule has 2 aromatic rings. The minimum absolute atomic E-state index is 0. The van der Waals surface area contributed by atoms with E-state index in [1.807, 2.05) is 26.0 Å². The second kappa shape index (κ2) is 14.6. The third-order valence-electron chi connectivity index (χ3n) is 4.50. The molecule has 8 heteroatoms. The number of ether oxygens (including phenoxy) is 3. The van der Waals surface area contributed by atoms with E-state index >= 15 is 0 Å². The number of guanidine groups is 1. The summed E-state index contributed by atoms with van der Waals surface area (Å²) in [4.78, 5) is 4.57. The molecule has 0 heterocycles. The van der Waals surface area contributed by atoms with Gasteiger partial charge in [0.1, 0.15) is 11.5 Å². The minimum Gasteiger partial charge on any atom is -0.508 e. The van der Waals surface area contributed by atoms with Gasteiger partial charge in [-0.25, -0.2) is 4.99 Å². The maximum Gasteiger partial charge on any atom is 0.191 e. The fourth-order valence-electron chi connectivity index (χ4n) is 2.97. The lowest BCUT2D eigenvalue weighted by Crippen LogP contribution is -2.37. The van der Waals surface area contributed by atoms with Crippen molar-refractivity contribution in [3.8, 4) is 23.0 Å². The summed E-state index contributed by atoms with van der Waals surface area (Å²) in [5.41, 5.74) is 1.91. The van der Waals surface area contributed by atoms with Crippen molar-refractivity contribution in [2.75, 3.05) is 33.9 Å². The number of hydrogen-bond acceptors (Lipinski definition) is 5. The lowest BCUT2D eigenvalue weighted by Gasteiger charge is -2.13. The van der Waals surface area contributed by atoms with Gasteiger partial charge in [-0.1, -0.05) is 6.07 Å². The number of phenols is 1. The molecule has 0 aromatic heterocycles. The van der Waals surface area contributed by atoms with Crippen molar-refractivity contribution in [2.24, 2.45) is 4.99 Å². The summed E-state index contributed by atoms with van der Waals surface area (Å²) in [6.45, 7) is 6.47. The summed E-state index contributed by atoms with van der Waals surface area (Å²) in [7, 11) is 3.25. The third kappa shape index (κ3) is 8.72. The Morgan fingerprint density at radius 3 is 2.48 bits per heavy atom. The Kier molecular flexibility index (Phi) is 12.6. The van der Waals surface area contributed by atoms with Crippen LogP contribution < -0.4 is 24.8 Å². The molecule has 0 amide bonds. The Morgan fingerprint density at radius 2 is 1.81 bits per heavy atom. The largest absolute Gasteiger partial charge is 0.508 e. The fraction of sp³-hybridized carbons (Fsp3) is 0.435. The van der Waals surface area contributed by atoms with E-state index in [9.17, 15) is 5.11 Å². The highest BCUT2D eigenvalue weighted by atomic mass is 127. The zero-order valence-corrected chi connectivity index (χ0v) is 21.1. The van der Waals surface area contributed by atoms with Gasteiger partial charge in [-0.05, 0) is 62.6 Å². The van der Waals surface area contributed by atoms with Crippen LogP contribution in [-0.4, -0.2) is 45.0 Å². The Labute approximate surface area is 202 Å². The third-order valence-corrected chi connectivity index (χ3v) is 4.50. The van der Waals surface area contributed by atoms with Gasteiger partial charge in [-0.15, -0.1) is 24.0 Å². The first-order valence-corrected chi connectivity index (χ1v) is 10.3. The number of aromatic hydroxyl groups is 1. The summed E-state index contributed by atoms with van der Waals surface area (Å²) in [5.74, 6) is 3.14. The normalized spacial score (nSPS) is 10.8. The summed E-state index contributed by atoms with van der Waals surface area (Å²) >= 11 is 0. The Bertz CT molecular complexity index is 830. The van der Waals surface area contributed by atoms with E-state index in [0.29, 0.717) is 30.4 Å². The summed E-state index contributed by atoms with van der Waals surface area (Å²) < 4.78 is 16.2. The first-order chi connectivity index (χ1) is 14.6. The molecule has 0 atom stereocenters. The fourth-order valence-corrected chi connectivity index (χ4v) is 2.97. The minimum atomic E-state index is 0. The molecule has 172 valence electrons. The molecule has 2 aromatic carbocycles. The lowest BCUT2D eigenvalue weighted by molar-refractivity contribution is 0.310. The number of methoxy groups -OCH3 is 2. The molecular formula is C23H34IN3O4. The molecule has 0 bridgehead atoms. The van der Waals surface area contributed by atoms with Crippen LogP contribution in [0.3, 0.4) is 0 Å². The van der Waals surface area contributed by atoms with Crippen LogP contribution in [0.2, 0.25) is 0 Å². The molecule has 0 aliphatic rings. The summed E-state index contributed by atoms with van der Waals surface area (Å²) in [5, 5.41) is 16.6. The van der Waals surface area contributed by atoms with Crippen LogP contribution in [0, 0.1) is 0 Å². The van der Waals surface area contributed by atoms with Gasteiger partial charge >= 0.3 is 0 Å². The van der Waals surface area contributed by atoms with Crippen LogP contribution in [0.1, 0.15) is 31.4 Å². The zero-order valence-electron chi connectivity index (χ0n) is 18.7. The van der Waals surface area contributed by atoms with Crippen LogP contribution in [0.5, 0.6) is 23.0 Å². The molecule has 0 fully saturated rings. The number of nitrogens with one attached hydrogen (secondary N) is 2. The van der Waals surface area contributed by atoms with Crippen molar-refractivity contribution < 1.29 is 19.3 Å². The molecule has 0 saturated heterocycles. The molecule has 31 heavy (non-hydrogen) atoms. The van der Waals surface area contributed by atoms with Crippen LogP contribution in [0.4, 0.5) is 0 Å². The summed E-state index contributed by atoms with van der Waals surface area (Å²) in [6.07, 6.45) is 1.85. The van der Waals surface area contributed by atoms with Crippen LogP contribution in [0.25, 0.3) is 0 Å². The molecule has 0 aliphatic carbocycles. The first kappa shape index (κ1) is 26.7. The molecule has 0 spiro atoms. The SMILES string of the molecule is CCNC(=NCc1cc(OC)ccc1O)NCCCc1ccc(OC)c(OCC)c1.I. The first-order valence-electron chi connectivity index (χ1n) is 10.3. The predicted molar refractivity (Wildman–Crippen MR) is 135 cm³/mol. The van der Waals surface area contributed by atoms with Crippen molar-refractivity contribution in [1.29, 1.82) is 0 Å². The zero-order chi connectivity index (χ0) is 21.8. The van der Waals surface area contributed by atoms with Gasteiger partial charge in [0.2, 0.25) is 0 Å². The standard InChI is InChI=1S/C23H33N3O4.HI/c1-5-24-23(26-16-18-15-19(28-3)10-11-20(18)27)25-13-7-8-17-9-12-21(29-4)22(14-17)30-6-2;/h9-12,14-15,27H,5-8,13,16H2,1-4H3,(H2,24,25,26);1H. The molecule has 7 nitrogen and oxygen atoms in total. The monoisotopic (exact) mass is 543 g/mol. The molecule has 0 unspecified atom stereocenters. The van der Waals surface area contributed by atoms with Gasteiger partial charge < -0.3 is 30.0 Å². The average molecular weight is 543 g/mol. The van der Waals surface area contributed by atoms with E-state index in [4.69, 9.17) is 14.2 Å². The lowest BCUT2D eigenvalue weighted by atomic mass is 10.1. The van der Waals surface area contributed by atoms with Crippen molar-refractivity contribution in [1.82, 2.24) is 10.6 Å². The van der Waals surface area contributed by atoms with Crippen LogP contribution >= 0.6 is 24.0 Å². The highest BCUT2D eigenvalue weighted by molar-refractivity contribution is 14.0. The number of nitrogens with zero attached hydrogens (tertiary/aromatic N) is 1. The van der Waals surface area contributed by atoms with E-state index in [0.717, 1.165) is 37.4 Å². The van der Waals surface area contributed by atoms with Crippen molar-refractivity contribution in [2.45, 2.75) is 33.2 Å². The molecule has 0 aliphatic heterocycles. The Balaban J connectivity index is 0.00000480. The number of aliphatic imine (C=N–C) groups is 1. The molecule has 3 N–H and O–H groups in total. The topological polar surface area (TPSA) is 84.3 Å². The quantitative estimate of drug-likeness (QED) is 0.171. The highest BCUT2D eigenvalue weighted by Gasteiger charge is 2.06. The van der Waals surface area contributed by atoms with E-state index in [2.05, 4.69) is 21.7 Å². The van der Waals surface area contributed by atoms with E-state index in [-0.39, 0.29) is 29.7 Å². The van der Waals surface area contributed by atoms with Crippen molar-refractivity contribution >= 4 is 29.9 Å². The summed E-state index contributed by atoms with van der Waals surface area (Å²) in [6, 6.07) is 11.2. The van der Waals surface area contributed by atoms with Gasteiger partial charge in [0.05, 0.1) is 27.4 Å². The van der Waals surface area contributed by atoms with Crippen molar-refractivity contribution in [3.05, 3.63) is 47.5 Å². The van der Waals surface area contributed by atoms with Gasteiger partial charge in [-0.3, -0.25) is 0 Å². The van der Waals surface area contributed by atoms with E-state index in [1.54, 1.807) is 32.4 Å². The van der Waals surface area contributed by atoms with Crippen LogP contribution in [-0.2, 0) is 13.0 Å². The van der Waals surface area contributed by atoms with E-state index in [1.165, 1.54) is 5.56 Å². The Morgan fingerprint density at radius 1 is 1.00 bits per heavy atom. The maximum absolute atomic E-state index is 10.0. The second-order valence-corrected chi connectivity index (χ2v) is 6.64. The average Bonchev–Trinajstić information content (AvgIpc) is 2.76. The number of halogens is 1. The smallest absolute Gasteiger partial charge is 0.191 e. The maximum atomic E-state index is 10.0. The van der Waals surface area contributed by atoms with Crippen molar-refractivity contribution in [3.63, 3.8) is 0 Å². The number of aryl methyl sites for hydroxylation is 1.